The largest absolute Gasteiger partial charge is 0.289 e. The molecule has 1 N–H and O–H groups in total. The standard InChI is InChI=1S/C14H11BrFNO3S/c1-21(19,20)17-11-5-2-9(3-6-11)14(18)10-4-7-12(15)13(16)8-10/h2-8,17H,1H3. The third-order valence-corrected chi connectivity index (χ3v) is 3.88. The van der Waals surface area contributed by atoms with Crippen molar-refractivity contribution >= 4 is 37.4 Å². The molecule has 0 unspecified atom stereocenters. The zero-order chi connectivity index (χ0) is 15.6. The van der Waals surface area contributed by atoms with Gasteiger partial charge in [-0.15, -0.1) is 0 Å². The summed E-state index contributed by atoms with van der Waals surface area (Å²) in [6.45, 7) is 0. The highest BCUT2D eigenvalue weighted by atomic mass is 79.9. The van der Waals surface area contributed by atoms with Crippen molar-refractivity contribution in [1.82, 2.24) is 0 Å². The minimum absolute atomic E-state index is 0.222. The predicted octanol–water partition coefficient (Wildman–Crippen LogP) is 3.19. The summed E-state index contributed by atoms with van der Waals surface area (Å²) in [6, 6.07) is 10.0. The van der Waals surface area contributed by atoms with Gasteiger partial charge in [-0.2, -0.15) is 0 Å². The number of rotatable bonds is 4. The predicted molar refractivity (Wildman–Crippen MR) is 82.4 cm³/mol. The van der Waals surface area contributed by atoms with E-state index in [4.69, 9.17) is 0 Å². The van der Waals surface area contributed by atoms with E-state index < -0.39 is 15.8 Å². The Morgan fingerprint density at radius 2 is 1.67 bits per heavy atom. The summed E-state index contributed by atoms with van der Waals surface area (Å²) in [7, 11) is -3.36. The van der Waals surface area contributed by atoms with Gasteiger partial charge in [0.1, 0.15) is 5.82 Å². The molecule has 0 aliphatic rings. The molecule has 2 aromatic rings. The Kier molecular flexibility index (Phi) is 4.43. The van der Waals surface area contributed by atoms with E-state index in [1.54, 1.807) is 0 Å². The lowest BCUT2D eigenvalue weighted by Gasteiger charge is -2.06. The average Bonchev–Trinajstić information content (AvgIpc) is 2.40. The van der Waals surface area contributed by atoms with E-state index >= 15 is 0 Å². The molecule has 0 aliphatic heterocycles. The molecule has 0 amide bonds. The van der Waals surface area contributed by atoms with E-state index in [1.807, 2.05) is 0 Å². The van der Waals surface area contributed by atoms with Gasteiger partial charge in [-0.3, -0.25) is 9.52 Å². The molecule has 0 heterocycles. The van der Waals surface area contributed by atoms with E-state index in [0.717, 1.165) is 12.3 Å². The van der Waals surface area contributed by atoms with Crippen LogP contribution in [0.25, 0.3) is 0 Å². The molecule has 0 aliphatic carbocycles. The summed E-state index contributed by atoms with van der Waals surface area (Å²) in [4.78, 5) is 12.2. The molecule has 7 heteroatoms. The first-order valence-corrected chi connectivity index (χ1v) is 8.52. The number of anilines is 1. The lowest BCUT2D eigenvalue weighted by molar-refractivity contribution is 0.103. The highest BCUT2D eigenvalue weighted by Gasteiger charge is 2.11. The molecule has 2 aromatic carbocycles. The lowest BCUT2D eigenvalue weighted by atomic mass is 10.0. The van der Waals surface area contributed by atoms with E-state index in [1.165, 1.54) is 36.4 Å². The molecule has 0 spiro atoms. The van der Waals surface area contributed by atoms with Crippen LogP contribution in [-0.4, -0.2) is 20.5 Å². The fourth-order valence-corrected chi connectivity index (χ4v) is 2.52. The number of carbonyl (C=O) groups excluding carboxylic acids is 1. The summed E-state index contributed by atoms with van der Waals surface area (Å²) in [5.41, 5.74) is 0.923. The smallest absolute Gasteiger partial charge is 0.229 e. The molecule has 0 bridgehead atoms. The van der Waals surface area contributed by atoms with Gasteiger partial charge in [-0.25, -0.2) is 12.8 Å². The first kappa shape index (κ1) is 15.7. The van der Waals surface area contributed by atoms with Gasteiger partial charge in [0.15, 0.2) is 5.78 Å². The molecule has 0 radical (unpaired) electrons. The summed E-state index contributed by atoms with van der Waals surface area (Å²) in [5.74, 6) is -0.858. The first-order chi connectivity index (χ1) is 9.76. The topological polar surface area (TPSA) is 63.2 Å². The Bertz CT molecular complexity index is 788. The van der Waals surface area contributed by atoms with Crippen LogP contribution in [0.3, 0.4) is 0 Å². The van der Waals surface area contributed by atoms with Gasteiger partial charge in [0.25, 0.3) is 0 Å². The molecule has 0 atom stereocenters. The van der Waals surface area contributed by atoms with Crippen molar-refractivity contribution in [1.29, 1.82) is 0 Å². The van der Waals surface area contributed by atoms with Crippen LogP contribution in [-0.2, 0) is 10.0 Å². The van der Waals surface area contributed by atoms with E-state index in [-0.39, 0.29) is 15.8 Å². The second kappa shape index (κ2) is 5.95. The van der Waals surface area contributed by atoms with Crippen LogP contribution < -0.4 is 4.72 Å². The normalized spacial score (nSPS) is 11.2. The SMILES string of the molecule is CS(=O)(=O)Nc1ccc(C(=O)c2ccc(Br)c(F)c2)cc1. The minimum atomic E-state index is -3.36. The van der Waals surface area contributed by atoms with Crippen molar-refractivity contribution < 1.29 is 17.6 Å². The van der Waals surface area contributed by atoms with Gasteiger partial charge in [-0.05, 0) is 58.4 Å². The fraction of sp³-hybridized carbons (Fsp3) is 0.0714. The lowest BCUT2D eigenvalue weighted by Crippen LogP contribution is -2.09. The maximum atomic E-state index is 13.4. The zero-order valence-corrected chi connectivity index (χ0v) is 13.3. The maximum Gasteiger partial charge on any atom is 0.229 e. The number of nitrogens with one attached hydrogen (secondary N) is 1. The number of benzene rings is 2. The van der Waals surface area contributed by atoms with Gasteiger partial charge in [-0.1, -0.05) is 0 Å². The molecular formula is C14H11BrFNO3S. The van der Waals surface area contributed by atoms with E-state index in [2.05, 4.69) is 20.7 Å². The van der Waals surface area contributed by atoms with Crippen LogP contribution >= 0.6 is 15.9 Å². The van der Waals surface area contributed by atoms with Gasteiger partial charge in [0, 0.05) is 16.8 Å². The molecule has 21 heavy (non-hydrogen) atoms. The Labute approximate surface area is 130 Å². The number of sulfonamides is 1. The summed E-state index contributed by atoms with van der Waals surface area (Å²) in [6.07, 6.45) is 1.04. The highest BCUT2D eigenvalue weighted by molar-refractivity contribution is 9.10. The number of hydrogen-bond donors (Lipinski definition) is 1. The van der Waals surface area contributed by atoms with Crippen molar-refractivity contribution in [2.24, 2.45) is 0 Å². The molecule has 0 saturated carbocycles. The minimum Gasteiger partial charge on any atom is -0.289 e. The Morgan fingerprint density at radius 3 is 2.19 bits per heavy atom. The number of carbonyl (C=O) groups is 1. The Balaban J connectivity index is 2.25. The monoisotopic (exact) mass is 371 g/mol. The van der Waals surface area contributed by atoms with Crippen molar-refractivity contribution in [2.75, 3.05) is 11.0 Å². The number of ketones is 1. The highest BCUT2D eigenvalue weighted by Crippen LogP contribution is 2.19. The maximum absolute atomic E-state index is 13.4. The second-order valence-electron chi connectivity index (χ2n) is 4.41. The fourth-order valence-electron chi connectivity index (χ4n) is 1.71. The molecule has 4 nitrogen and oxygen atoms in total. The average molecular weight is 372 g/mol. The zero-order valence-electron chi connectivity index (χ0n) is 10.9. The van der Waals surface area contributed by atoms with Gasteiger partial charge < -0.3 is 0 Å². The second-order valence-corrected chi connectivity index (χ2v) is 7.01. The third kappa shape index (κ3) is 4.12. The molecular weight excluding hydrogens is 361 g/mol. The van der Waals surface area contributed by atoms with Crippen molar-refractivity contribution in [3.05, 3.63) is 63.9 Å². The summed E-state index contributed by atoms with van der Waals surface area (Å²) < 4.78 is 38.2. The van der Waals surface area contributed by atoms with Gasteiger partial charge >= 0.3 is 0 Å². The Morgan fingerprint density at radius 1 is 1.10 bits per heavy atom. The molecule has 0 saturated heterocycles. The van der Waals surface area contributed by atoms with E-state index in [0.29, 0.717) is 11.3 Å². The van der Waals surface area contributed by atoms with Crippen LogP contribution in [0.15, 0.2) is 46.9 Å². The first-order valence-electron chi connectivity index (χ1n) is 5.84. The number of hydrogen-bond acceptors (Lipinski definition) is 3. The quantitative estimate of drug-likeness (QED) is 0.839. The van der Waals surface area contributed by atoms with Crippen LogP contribution in [0, 0.1) is 5.82 Å². The third-order valence-electron chi connectivity index (χ3n) is 2.63. The summed E-state index contributed by atoms with van der Waals surface area (Å²) in [5, 5.41) is 0. The van der Waals surface area contributed by atoms with Gasteiger partial charge in [0.05, 0.1) is 10.7 Å². The van der Waals surface area contributed by atoms with Crippen LogP contribution in [0.1, 0.15) is 15.9 Å². The molecule has 2 rings (SSSR count). The van der Waals surface area contributed by atoms with E-state index in [9.17, 15) is 17.6 Å². The van der Waals surface area contributed by atoms with Gasteiger partial charge in [0.2, 0.25) is 10.0 Å². The van der Waals surface area contributed by atoms with Crippen LogP contribution in [0.4, 0.5) is 10.1 Å². The number of halogens is 2. The van der Waals surface area contributed by atoms with Crippen molar-refractivity contribution in [2.45, 2.75) is 0 Å². The Hall–Kier alpha value is -1.73. The van der Waals surface area contributed by atoms with Crippen molar-refractivity contribution in [3.63, 3.8) is 0 Å². The summed E-state index contributed by atoms with van der Waals surface area (Å²) >= 11 is 3.02. The molecule has 110 valence electrons. The molecule has 0 fully saturated rings. The van der Waals surface area contributed by atoms with Crippen molar-refractivity contribution in [3.8, 4) is 0 Å². The van der Waals surface area contributed by atoms with Crippen LogP contribution in [0.5, 0.6) is 0 Å². The van der Waals surface area contributed by atoms with Crippen LogP contribution in [0.2, 0.25) is 0 Å². The molecule has 0 aromatic heterocycles.